The molecule has 0 unspecified atom stereocenters. The zero-order chi connectivity index (χ0) is 34.0. The molecule has 10 aromatic rings. The smallest absolute Gasteiger partial charge is 0.183 e. The molecule has 7 aromatic carbocycles. The third-order valence-corrected chi connectivity index (χ3v) is 11.4. The fraction of sp³-hybridized carbons (Fsp3) is 0.0208. The fourth-order valence-corrected chi connectivity index (χ4v) is 9.37. The summed E-state index contributed by atoms with van der Waals surface area (Å²) in [5.41, 5.74) is 16.3. The van der Waals surface area contributed by atoms with Gasteiger partial charge in [-0.2, -0.15) is 0 Å². The molecule has 240 valence electrons. The maximum Gasteiger partial charge on any atom is 0.183 e. The van der Waals surface area contributed by atoms with Crippen molar-refractivity contribution in [1.82, 2.24) is 19.4 Å². The van der Waals surface area contributed by atoms with Gasteiger partial charge in [0.15, 0.2) is 11.5 Å². The topological polar surface area (TPSA) is 43.1 Å². The summed E-state index contributed by atoms with van der Waals surface area (Å²) in [5, 5.41) is 3.44. The lowest BCUT2D eigenvalue weighted by molar-refractivity contribution is 0.794. The van der Waals surface area contributed by atoms with Crippen LogP contribution >= 0.6 is 0 Å². The normalized spacial score (nSPS) is 13.5. The van der Waals surface area contributed by atoms with Crippen molar-refractivity contribution in [2.45, 2.75) is 5.41 Å². The van der Waals surface area contributed by atoms with E-state index in [0.29, 0.717) is 11.5 Å². The van der Waals surface area contributed by atoms with Crippen molar-refractivity contribution >= 4 is 38.5 Å². The van der Waals surface area contributed by atoms with Crippen molar-refractivity contribution in [3.05, 3.63) is 192 Å². The van der Waals surface area contributed by atoms with Gasteiger partial charge < -0.3 is 0 Å². The van der Waals surface area contributed by atoms with Crippen LogP contribution in [-0.4, -0.2) is 19.4 Å². The summed E-state index contributed by atoms with van der Waals surface area (Å²) >= 11 is 0. The van der Waals surface area contributed by atoms with Crippen LogP contribution in [0.3, 0.4) is 0 Å². The van der Waals surface area contributed by atoms with E-state index in [1.807, 2.05) is 0 Å². The number of pyridine rings is 1. The van der Waals surface area contributed by atoms with Crippen LogP contribution in [0.2, 0.25) is 0 Å². The number of hydrogen-bond acceptors (Lipinski definition) is 3. The Morgan fingerprint density at radius 2 is 0.962 bits per heavy atom. The van der Waals surface area contributed by atoms with Crippen LogP contribution in [0, 0.1) is 0 Å². The molecule has 4 heteroatoms. The van der Waals surface area contributed by atoms with Crippen molar-refractivity contribution in [2.75, 3.05) is 0 Å². The van der Waals surface area contributed by atoms with Crippen LogP contribution in [0.5, 0.6) is 0 Å². The molecule has 0 radical (unpaired) electrons. The zero-order valence-electron chi connectivity index (χ0n) is 28.0. The molecule has 0 bridgehead atoms. The van der Waals surface area contributed by atoms with Gasteiger partial charge in [-0.25, -0.2) is 15.0 Å². The molecule has 0 amide bonds. The zero-order valence-corrected chi connectivity index (χ0v) is 28.0. The maximum atomic E-state index is 5.46. The van der Waals surface area contributed by atoms with Crippen molar-refractivity contribution in [3.8, 4) is 44.9 Å². The van der Waals surface area contributed by atoms with Crippen LogP contribution in [0.4, 0.5) is 0 Å². The van der Waals surface area contributed by atoms with E-state index in [-0.39, 0.29) is 0 Å². The Bertz CT molecular complexity index is 3070. The summed E-state index contributed by atoms with van der Waals surface area (Å²) in [4.78, 5) is 16.1. The number of rotatable bonds is 2. The van der Waals surface area contributed by atoms with Gasteiger partial charge in [-0.05, 0) is 62.0 Å². The summed E-state index contributed by atoms with van der Waals surface area (Å²) in [5.74, 6) is 0.664. The lowest BCUT2D eigenvalue weighted by Gasteiger charge is -2.30. The average molecular weight is 661 g/mol. The van der Waals surface area contributed by atoms with Gasteiger partial charge in [0, 0.05) is 21.9 Å². The van der Waals surface area contributed by atoms with Crippen LogP contribution in [-0.2, 0) is 5.41 Å². The lowest BCUT2D eigenvalue weighted by atomic mass is 9.70. The first-order valence-electron chi connectivity index (χ1n) is 17.8. The molecule has 3 aromatic heterocycles. The molecule has 52 heavy (non-hydrogen) atoms. The average Bonchev–Trinajstić information content (AvgIpc) is 3.85. The first-order chi connectivity index (χ1) is 25.8. The highest BCUT2D eigenvalue weighted by Crippen LogP contribution is 2.63. The molecule has 3 heterocycles. The Hall–Kier alpha value is -6.91. The van der Waals surface area contributed by atoms with Gasteiger partial charge in [0.1, 0.15) is 16.9 Å². The monoisotopic (exact) mass is 660 g/mol. The molecule has 0 atom stereocenters. The molecular weight excluding hydrogens is 633 g/mol. The van der Waals surface area contributed by atoms with E-state index >= 15 is 0 Å². The first kappa shape index (κ1) is 27.9. The molecule has 0 N–H and O–H groups in total. The number of fused-ring (bicyclic) bond motifs is 18. The van der Waals surface area contributed by atoms with Gasteiger partial charge in [0.25, 0.3) is 0 Å². The third-order valence-electron chi connectivity index (χ3n) is 11.4. The first-order valence-corrected chi connectivity index (χ1v) is 17.8. The molecule has 1 spiro atoms. The Labute approximate surface area is 299 Å². The standard InChI is InChI=1S/C48H28N4/c1-2-14-29(15-3-1)43-44-46(51-47-37-21-5-4-16-31(37)36-20-9-13-25-42(36)52(44)47)50-45(49-43)30-26-27-35-34-19-8-12-24-40(34)48(41(35)28-30)38-22-10-6-17-32(38)33-18-7-11-23-39(33)48/h1-28H. The largest absolute Gasteiger partial charge is 0.288 e. The molecule has 4 nitrogen and oxygen atoms in total. The Morgan fingerprint density at radius 1 is 0.404 bits per heavy atom. The molecule has 0 aliphatic heterocycles. The van der Waals surface area contributed by atoms with Crippen LogP contribution < -0.4 is 0 Å². The van der Waals surface area contributed by atoms with E-state index in [2.05, 4.69) is 174 Å². The summed E-state index contributed by atoms with van der Waals surface area (Å²) in [6.07, 6.45) is 0. The molecule has 12 rings (SSSR count). The predicted molar refractivity (Wildman–Crippen MR) is 210 cm³/mol. The van der Waals surface area contributed by atoms with Gasteiger partial charge in [-0.15, -0.1) is 0 Å². The highest BCUT2D eigenvalue weighted by atomic mass is 15.1. The summed E-state index contributed by atoms with van der Waals surface area (Å²) in [7, 11) is 0. The van der Waals surface area contributed by atoms with E-state index in [4.69, 9.17) is 15.0 Å². The van der Waals surface area contributed by atoms with Gasteiger partial charge >= 0.3 is 0 Å². The highest BCUT2D eigenvalue weighted by molar-refractivity contribution is 6.14. The summed E-state index contributed by atoms with van der Waals surface area (Å²) < 4.78 is 2.26. The van der Waals surface area contributed by atoms with Gasteiger partial charge in [0.05, 0.1) is 10.9 Å². The number of aromatic nitrogens is 4. The third kappa shape index (κ3) is 3.43. The van der Waals surface area contributed by atoms with E-state index in [9.17, 15) is 0 Å². The number of benzene rings is 7. The lowest BCUT2D eigenvalue weighted by Crippen LogP contribution is -2.25. The quantitative estimate of drug-likeness (QED) is 0.173. The van der Waals surface area contributed by atoms with Crippen molar-refractivity contribution in [3.63, 3.8) is 0 Å². The van der Waals surface area contributed by atoms with Crippen molar-refractivity contribution in [1.29, 1.82) is 0 Å². The second-order valence-corrected chi connectivity index (χ2v) is 13.9. The number of para-hydroxylation sites is 1. The SMILES string of the molecule is c1ccc(-c2nc(-c3ccc4c(c3)C3(c5ccccc5-c5ccccc53)c3ccccc3-4)nc3nc4c5ccccc5c5ccccc5n4c23)cc1. The fourth-order valence-electron chi connectivity index (χ4n) is 9.37. The molecular formula is C48H28N4. The second-order valence-electron chi connectivity index (χ2n) is 13.9. The van der Waals surface area contributed by atoms with Gasteiger partial charge in [-0.3, -0.25) is 4.40 Å². The predicted octanol–water partition coefficient (Wildman–Crippen LogP) is 11.3. The second kappa shape index (κ2) is 10.1. The van der Waals surface area contributed by atoms with E-state index < -0.39 is 5.41 Å². The van der Waals surface area contributed by atoms with E-state index in [1.54, 1.807) is 0 Å². The van der Waals surface area contributed by atoms with E-state index in [1.165, 1.54) is 55.3 Å². The van der Waals surface area contributed by atoms with Crippen LogP contribution in [0.25, 0.3) is 83.4 Å². The van der Waals surface area contributed by atoms with Crippen molar-refractivity contribution < 1.29 is 0 Å². The van der Waals surface area contributed by atoms with E-state index in [0.717, 1.165) is 38.9 Å². The minimum Gasteiger partial charge on any atom is -0.288 e. The number of hydrogen-bond donors (Lipinski definition) is 0. The molecule has 2 aliphatic rings. The van der Waals surface area contributed by atoms with Crippen molar-refractivity contribution in [2.24, 2.45) is 0 Å². The minimum absolute atomic E-state index is 0.442. The number of imidazole rings is 1. The van der Waals surface area contributed by atoms with Gasteiger partial charge in [0.2, 0.25) is 0 Å². The highest BCUT2D eigenvalue weighted by Gasteiger charge is 2.51. The summed E-state index contributed by atoms with van der Waals surface area (Å²) in [6.45, 7) is 0. The number of nitrogens with zero attached hydrogens (tertiary/aromatic N) is 4. The van der Waals surface area contributed by atoms with Crippen LogP contribution in [0.1, 0.15) is 22.3 Å². The molecule has 0 saturated carbocycles. The van der Waals surface area contributed by atoms with Crippen LogP contribution in [0.15, 0.2) is 170 Å². The summed E-state index contributed by atoms with van der Waals surface area (Å²) in [6, 6.07) is 61.1. The maximum absolute atomic E-state index is 5.46. The Kier molecular flexibility index (Phi) is 5.40. The molecule has 0 saturated heterocycles. The van der Waals surface area contributed by atoms with Gasteiger partial charge in [-0.1, -0.05) is 158 Å². The molecule has 2 aliphatic carbocycles. The molecule has 0 fully saturated rings. The Morgan fingerprint density at radius 3 is 1.65 bits per heavy atom. The Balaban J connectivity index is 1.18. The minimum atomic E-state index is -0.442.